The fourth-order valence-corrected chi connectivity index (χ4v) is 3.31. The average molecular weight is 338 g/mol. The number of sulfonamides is 1. The van der Waals surface area contributed by atoms with E-state index >= 15 is 0 Å². The summed E-state index contributed by atoms with van der Waals surface area (Å²) in [6.45, 7) is -0.0389. The van der Waals surface area contributed by atoms with Gasteiger partial charge in [-0.2, -0.15) is 0 Å². The third-order valence-corrected chi connectivity index (χ3v) is 4.99. The van der Waals surface area contributed by atoms with Crippen LogP contribution in [-0.4, -0.2) is 37.5 Å². The number of aliphatic hydroxyl groups excluding tert-OH is 1. The molecule has 126 valence electrons. The molecule has 2 aromatic rings. The van der Waals surface area contributed by atoms with Crippen LogP contribution in [0.5, 0.6) is 5.75 Å². The van der Waals surface area contributed by atoms with Crippen molar-refractivity contribution < 1.29 is 18.3 Å². The van der Waals surface area contributed by atoms with E-state index in [0.717, 1.165) is 11.3 Å². The Labute approximate surface area is 136 Å². The van der Waals surface area contributed by atoms with Gasteiger partial charge in [-0.15, -0.1) is 0 Å². The SMILES string of the molecule is COc1ccc(CCS(=O)(=O)NC[C@H](O)c2cccn2C)cc1. The van der Waals surface area contributed by atoms with Gasteiger partial charge < -0.3 is 14.4 Å². The third kappa shape index (κ3) is 5.09. The second-order valence-electron chi connectivity index (χ2n) is 5.33. The number of methoxy groups -OCH3 is 1. The Balaban J connectivity index is 1.85. The largest absolute Gasteiger partial charge is 0.497 e. The summed E-state index contributed by atoms with van der Waals surface area (Å²) in [5.41, 5.74) is 1.59. The van der Waals surface area contributed by atoms with E-state index in [4.69, 9.17) is 4.74 Å². The van der Waals surface area contributed by atoms with Crippen LogP contribution < -0.4 is 9.46 Å². The molecule has 0 aliphatic heterocycles. The summed E-state index contributed by atoms with van der Waals surface area (Å²) in [7, 11) is -0.0579. The number of aryl methyl sites for hydroxylation is 2. The van der Waals surface area contributed by atoms with Gasteiger partial charge in [0, 0.05) is 25.5 Å². The molecule has 1 aromatic carbocycles. The van der Waals surface area contributed by atoms with Gasteiger partial charge in [0.1, 0.15) is 11.9 Å². The minimum absolute atomic E-state index is 0.0286. The highest BCUT2D eigenvalue weighted by Crippen LogP contribution is 2.13. The van der Waals surface area contributed by atoms with Gasteiger partial charge >= 0.3 is 0 Å². The Morgan fingerprint density at radius 3 is 2.52 bits per heavy atom. The van der Waals surface area contributed by atoms with Gasteiger partial charge in [-0.1, -0.05) is 12.1 Å². The highest BCUT2D eigenvalue weighted by atomic mass is 32.2. The maximum Gasteiger partial charge on any atom is 0.212 e. The van der Waals surface area contributed by atoms with Crippen molar-refractivity contribution >= 4 is 10.0 Å². The molecular weight excluding hydrogens is 316 g/mol. The molecule has 0 aliphatic carbocycles. The molecule has 2 rings (SSSR count). The lowest BCUT2D eigenvalue weighted by Gasteiger charge is -2.13. The summed E-state index contributed by atoms with van der Waals surface area (Å²) in [5, 5.41) is 10.0. The van der Waals surface area contributed by atoms with E-state index in [0.29, 0.717) is 12.1 Å². The third-order valence-electron chi connectivity index (χ3n) is 3.64. The van der Waals surface area contributed by atoms with Crippen molar-refractivity contribution in [2.24, 2.45) is 7.05 Å². The molecule has 0 bridgehead atoms. The van der Waals surface area contributed by atoms with E-state index in [-0.39, 0.29) is 12.3 Å². The first-order chi connectivity index (χ1) is 10.9. The van der Waals surface area contributed by atoms with Crippen LogP contribution in [0, 0.1) is 0 Å². The number of hydrogen-bond acceptors (Lipinski definition) is 4. The number of aromatic nitrogens is 1. The fourth-order valence-electron chi connectivity index (χ4n) is 2.25. The second kappa shape index (κ2) is 7.63. The van der Waals surface area contributed by atoms with Crippen LogP contribution in [0.3, 0.4) is 0 Å². The van der Waals surface area contributed by atoms with E-state index in [9.17, 15) is 13.5 Å². The standard InChI is InChI=1S/C16H22N2O4S/c1-18-10-3-4-15(18)16(19)12-17-23(20,21)11-9-13-5-7-14(22-2)8-6-13/h3-8,10,16-17,19H,9,11-12H2,1-2H3/t16-/m0/s1. The number of rotatable bonds is 8. The zero-order valence-corrected chi connectivity index (χ0v) is 14.1. The summed E-state index contributed by atoms with van der Waals surface area (Å²) in [6, 6.07) is 10.8. The van der Waals surface area contributed by atoms with Crippen LogP contribution in [0.2, 0.25) is 0 Å². The van der Waals surface area contributed by atoms with Crippen LogP contribution in [0.15, 0.2) is 42.6 Å². The maximum absolute atomic E-state index is 12.0. The predicted octanol–water partition coefficient (Wildman–Crippen LogP) is 1.23. The van der Waals surface area contributed by atoms with Crippen molar-refractivity contribution in [3.8, 4) is 5.75 Å². The molecule has 2 N–H and O–H groups in total. The van der Waals surface area contributed by atoms with Crippen LogP contribution in [0.4, 0.5) is 0 Å². The van der Waals surface area contributed by atoms with E-state index in [1.165, 1.54) is 0 Å². The Bertz CT molecular complexity index is 723. The Morgan fingerprint density at radius 1 is 1.26 bits per heavy atom. The maximum atomic E-state index is 12.0. The summed E-state index contributed by atoms with van der Waals surface area (Å²) >= 11 is 0. The van der Waals surface area contributed by atoms with Crippen LogP contribution in [0.1, 0.15) is 17.4 Å². The van der Waals surface area contributed by atoms with E-state index in [1.54, 1.807) is 49.2 Å². The first-order valence-electron chi connectivity index (χ1n) is 7.31. The average Bonchev–Trinajstić information content (AvgIpc) is 2.97. The number of nitrogens with one attached hydrogen (secondary N) is 1. The molecular formula is C16H22N2O4S. The predicted molar refractivity (Wildman–Crippen MR) is 88.9 cm³/mol. The van der Waals surface area contributed by atoms with Crippen molar-refractivity contribution in [3.63, 3.8) is 0 Å². The lowest BCUT2D eigenvalue weighted by Crippen LogP contribution is -2.31. The van der Waals surface area contributed by atoms with Crippen molar-refractivity contribution in [1.82, 2.24) is 9.29 Å². The summed E-state index contributed by atoms with van der Waals surface area (Å²) in [6.07, 6.45) is 1.34. The molecule has 0 radical (unpaired) electrons. The summed E-state index contributed by atoms with van der Waals surface area (Å²) < 4.78 is 33.3. The van der Waals surface area contributed by atoms with Gasteiger partial charge in [0.15, 0.2) is 0 Å². The molecule has 0 saturated heterocycles. The number of ether oxygens (including phenoxy) is 1. The molecule has 0 spiro atoms. The lowest BCUT2D eigenvalue weighted by molar-refractivity contribution is 0.173. The zero-order chi connectivity index (χ0) is 16.9. The first-order valence-corrected chi connectivity index (χ1v) is 8.96. The Morgan fingerprint density at radius 2 is 1.96 bits per heavy atom. The molecule has 7 heteroatoms. The van der Waals surface area contributed by atoms with Crippen molar-refractivity contribution in [2.45, 2.75) is 12.5 Å². The highest BCUT2D eigenvalue weighted by molar-refractivity contribution is 7.89. The molecule has 6 nitrogen and oxygen atoms in total. The number of nitrogens with zero attached hydrogens (tertiary/aromatic N) is 1. The smallest absolute Gasteiger partial charge is 0.212 e. The lowest BCUT2D eigenvalue weighted by atomic mass is 10.2. The normalized spacial score (nSPS) is 13.0. The van der Waals surface area contributed by atoms with Crippen molar-refractivity contribution in [2.75, 3.05) is 19.4 Å². The highest BCUT2D eigenvalue weighted by Gasteiger charge is 2.16. The zero-order valence-electron chi connectivity index (χ0n) is 13.3. The number of hydrogen-bond donors (Lipinski definition) is 2. The quantitative estimate of drug-likeness (QED) is 0.759. The Hall–Kier alpha value is -1.83. The van der Waals surface area contributed by atoms with E-state index in [2.05, 4.69) is 4.72 Å². The van der Waals surface area contributed by atoms with Gasteiger partial charge in [0.2, 0.25) is 10.0 Å². The van der Waals surface area contributed by atoms with Gasteiger partial charge in [0.25, 0.3) is 0 Å². The minimum atomic E-state index is -3.44. The molecule has 1 heterocycles. The molecule has 1 atom stereocenters. The molecule has 23 heavy (non-hydrogen) atoms. The van der Waals surface area contributed by atoms with E-state index < -0.39 is 16.1 Å². The Kier molecular flexibility index (Phi) is 5.81. The fraction of sp³-hybridized carbons (Fsp3) is 0.375. The van der Waals surface area contributed by atoms with Gasteiger partial charge in [0.05, 0.1) is 12.9 Å². The molecule has 0 saturated carbocycles. The number of aliphatic hydroxyl groups is 1. The molecule has 0 aliphatic rings. The van der Waals surface area contributed by atoms with Gasteiger partial charge in [-0.05, 0) is 36.2 Å². The number of benzene rings is 1. The minimum Gasteiger partial charge on any atom is -0.497 e. The van der Waals surface area contributed by atoms with Gasteiger partial charge in [-0.25, -0.2) is 13.1 Å². The van der Waals surface area contributed by atoms with Crippen LogP contribution in [-0.2, 0) is 23.5 Å². The second-order valence-corrected chi connectivity index (χ2v) is 7.25. The molecule has 0 fully saturated rings. The molecule has 0 unspecified atom stereocenters. The summed E-state index contributed by atoms with van der Waals surface area (Å²) in [4.78, 5) is 0. The molecule has 1 aromatic heterocycles. The monoisotopic (exact) mass is 338 g/mol. The van der Waals surface area contributed by atoms with E-state index in [1.807, 2.05) is 12.1 Å². The topological polar surface area (TPSA) is 80.6 Å². The first kappa shape index (κ1) is 17.5. The van der Waals surface area contributed by atoms with Crippen LogP contribution in [0.25, 0.3) is 0 Å². The van der Waals surface area contributed by atoms with Crippen LogP contribution >= 0.6 is 0 Å². The van der Waals surface area contributed by atoms with Crippen molar-refractivity contribution in [1.29, 1.82) is 0 Å². The molecule has 0 amide bonds. The van der Waals surface area contributed by atoms with Crippen molar-refractivity contribution in [3.05, 3.63) is 53.9 Å². The van der Waals surface area contributed by atoms with Gasteiger partial charge in [-0.3, -0.25) is 0 Å². The summed E-state index contributed by atoms with van der Waals surface area (Å²) in [5.74, 6) is 0.708.